The fraction of sp³-hybridized carbons (Fsp3) is 0.211. The number of carbonyl (C=O) groups excluding carboxylic acids is 1. The molecule has 3 aromatic rings. The topological polar surface area (TPSA) is 81.0 Å². The Morgan fingerprint density at radius 1 is 1.11 bits per heavy atom. The van der Waals surface area contributed by atoms with Gasteiger partial charge in [-0.1, -0.05) is 17.7 Å². The van der Waals surface area contributed by atoms with E-state index in [1.807, 2.05) is 31.2 Å². The van der Waals surface area contributed by atoms with Gasteiger partial charge in [-0.3, -0.25) is 4.57 Å². The normalized spacial score (nSPS) is 10.6. The van der Waals surface area contributed by atoms with E-state index < -0.39 is 0 Å². The SMILES string of the molecule is Cc1ccc(NC(=O)NCCn2nc(-c3ccc(F)cc3)n(C)c2=O)cc1. The zero-order valence-corrected chi connectivity index (χ0v) is 15.1. The second-order valence-corrected chi connectivity index (χ2v) is 6.14. The lowest BCUT2D eigenvalue weighted by Gasteiger charge is -2.07. The first-order chi connectivity index (χ1) is 12.9. The minimum absolute atomic E-state index is 0.217. The molecule has 8 heteroatoms. The van der Waals surface area contributed by atoms with Crippen molar-refractivity contribution in [1.82, 2.24) is 19.7 Å². The number of aromatic nitrogens is 3. The molecule has 0 aliphatic carbocycles. The van der Waals surface area contributed by atoms with Crippen molar-refractivity contribution in [3.63, 3.8) is 0 Å². The third kappa shape index (κ3) is 4.41. The quantitative estimate of drug-likeness (QED) is 0.725. The van der Waals surface area contributed by atoms with Gasteiger partial charge in [0.25, 0.3) is 0 Å². The number of nitrogens with one attached hydrogen (secondary N) is 2. The molecule has 7 nitrogen and oxygen atoms in total. The van der Waals surface area contributed by atoms with Gasteiger partial charge in [-0.25, -0.2) is 18.7 Å². The van der Waals surface area contributed by atoms with Gasteiger partial charge in [0.1, 0.15) is 5.82 Å². The van der Waals surface area contributed by atoms with Crippen LogP contribution in [0.2, 0.25) is 0 Å². The van der Waals surface area contributed by atoms with Gasteiger partial charge in [0.05, 0.1) is 6.54 Å². The first-order valence-corrected chi connectivity index (χ1v) is 8.45. The molecule has 0 spiro atoms. The van der Waals surface area contributed by atoms with Gasteiger partial charge in [0.2, 0.25) is 0 Å². The summed E-state index contributed by atoms with van der Waals surface area (Å²) in [6.45, 7) is 2.42. The third-order valence-corrected chi connectivity index (χ3v) is 4.06. The Bertz CT molecular complexity index is 990. The van der Waals surface area contributed by atoms with E-state index in [0.29, 0.717) is 17.1 Å². The maximum atomic E-state index is 13.1. The molecule has 1 aromatic heterocycles. The fourth-order valence-corrected chi connectivity index (χ4v) is 2.57. The van der Waals surface area contributed by atoms with Gasteiger partial charge >= 0.3 is 11.7 Å². The Hall–Kier alpha value is -3.42. The first-order valence-electron chi connectivity index (χ1n) is 8.45. The predicted octanol–water partition coefficient (Wildman–Crippen LogP) is 2.52. The largest absolute Gasteiger partial charge is 0.345 e. The maximum Gasteiger partial charge on any atom is 0.345 e. The molecule has 0 saturated heterocycles. The number of hydrogen-bond donors (Lipinski definition) is 2. The standard InChI is InChI=1S/C19H20FN5O2/c1-13-3-9-16(10-4-13)22-18(26)21-11-12-25-19(27)24(2)17(23-25)14-5-7-15(20)8-6-14/h3-10H,11-12H2,1-2H3,(H2,21,22,26). The molecule has 3 rings (SSSR count). The minimum Gasteiger partial charge on any atom is -0.336 e. The van der Waals surface area contributed by atoms with Crippen LogP contribution in [0.3, 0.4) is 0 Å². The second-order valence-electron chi connectivity index (χ2n) is 6.14. The summed E-state index contributed by atoms with van der Waals surface area (Å²) in [5.74, 6) is 0.0797. The average Bonchev–Trinajstić information content (AvgIpc) is 2.93. The van der Waals surface area contributed by atoms with Crippen LogP contribution < -0.4 is 16.3 Å². The molecule has 2 N–H and O–H groups in total. The summed E-state index contributed by atoms with van der Waals surface area (Å²) in [7, 11) is 1.60. The first kappa shape index (κ1) is 18.4. The van der Waals surface area contributed by atoms with E-state index in [9.17, 15) is 14.0 Å². The van der Waals surface area contributed by atoms with Crippen LogP contribution in [0, 0.1) is 12.7 Å². The number of rotatable bonds is 5. The number of halogens is 1. The maximum absolute atomic E-state index is 13.1. The molecule has 0 bridgehead atoms. The molecule has 0 unspecified atom stereocenters. The van der Waals surface area contributed by atoms with Gasteiger partial charge in [-0.15, -0.1) is 5.10 Å². The predicted molar refractivity (Wildman–Crippen MR) is 101 cm³/mol. The van der Waals surface area contributed by atoms with E-state index in [1.54, 1.807) is 19.2 Å². The molecule has 2 aromatic carbocycles. The summed E-state index contributed by atoms with van der Waals surface area (Å²) in [5.41, 5.74) is 2.12. The average molecular weight is 369 g/mol. The summed E-state index contributed by atoms with van der Waals surface area (Å²) in [6.07, 6.45) is 0. The molecule has 0 radical (unpaired) electrons. The van der Waals surface area contributed by atoms with Gasteiger partial charge in [0.15, 0.2) is 5.82 Å². The van der Waals surface area contributed by atoms with Crippen LogP contribution in [0.5, 0.6) is 0 Å². The fourth-order valence-electron chi connectivity index (χ4n) is 2.57. The Labute approximate surface area is 155 Å². The van der Waals surface area contributed by atoms with Crippen molar-refractivity contribution in [2.24, 2.45) is 7.05 Å². The minimum atomic E-state index is -0.360. The van der Waals surface area contributed by atoms with Crippen LogP contribution in [0.4, 0.5) is 14.9 Å². The smallest absolute Gasteiger partial charge is 0.336 e. The lowest BCUT2D eigenvalue weighted by Crippen LogP contribution is -2.34. The third-order valence-electron chi connectivity index (χ3n) is 4.06. The number of urea groups is 1. The number of carbonyl (C=O) groups is 1. The number of aryl methyl sites for hydroxylation is 1. The van der Waals surface area contributed by atoms with E-state index in [1.165, 1.54) is 21.4 Å². The van der Waals surface area contributed by atoms with E-state index in [0.717, 1.165) is 5.56 Å². The number of amides is 2. The molecule has 140 valence electrons. The monoisotopic (exact) mass is 369 g/mol. The van der Waals surface area contributed by atoms with Crippen molar-refractivity contribution in [3.05, 3.63) is 70.4 Å². The number of anilines is 1. The van der Waals surface area contributed by atoms with Crippen molar-refractivity contribution < 1.29 is 9.18 Å². The highest BCUT2D eigenvalue weighted by Gasteiger charge is 2.12. The number of hydrogen-bond acceptors (Lipinski definition) is 3. The lowest BCUT2D eigenvalue weighted by atomic mass is 10.2. The molecular formula is C19H20FN5O2. The Balaban J connectivity index is 1.60. The molecule has 0 atom stereocenters. The molecule has 0 fully saturated rings. The van der Waals surface area contributed by atoms with Crippen LogP contribution in [0.25, 0.3) is 11.4 Å². The summed E-state index contributed by atoms with van der Waals surface area (Å²) in [4.78, 5) is 24.2. The lowest BCUT2D eigenvalue weighted by molar-refractivity contribution is 0.251. The van der Waals surface area contributed by atoms with E-state index in [-0.39, 0.29) is 30.6 Å². The molecule has 0 aliphatic heterocycles. The molecule has 27 heavy (non-hydrogen) atoms. The summed E-state index contributed by atoms with van der Waals surface area (Å²) < 4.78 is 15.7. The van der Waals surface area contributed by atoms with Gasteiger partial charge in [-0.2, -0.15) is 0 Å². The zero-order valence-electron chi connectivity index (χ0n) is 15.1. The Morgan fingerprint density at radius 3 is 2.44 bits per heavy atom. The highest BCUT2D eigenvalue weighted by Crippen LogP contribution is 2.15. The van der Waals surface area contributed by atoms with E-state index in [4.69, 9.17) is 0 Å². The molecule has 2 amide bonds. The summed E-state index contributed by atoms with van der Waals surface area (Å²) in [5, 5.41) is 9.68. The van der Waals surface area contributed by atoms with Crippen LogP contribution >= 0.6 is 0 Å². The van der Waals surface area contributed by atoms with E-state index in [2.05, 4.69) is 15.7 Å². The summed E-state index contributed by atoms with van der Waals surface area (Å²) in [6, 6.07) is 12.8. The Morgan fingerprint density at radius 2 is 1.78 bits per heavy atom. The number of nitrogens with zero attached hydrogens (tertiary/aromatic N) is 3. The highest BCUT2D eigenvalue weighted by molar-refractivity contribution is 5.89. The highest BCUT2D eigenvalue weighted by atomic mass is 19.1. The molecule has 1 heterocycles. The molecule has 0 aliphatic rings. The second kappa shape index (κ2) is 7.86. The van der Waals surface area contributed by atoms with Crippen molar-refractivity contribution in [2.45, 2.75) is 13.5 Å². The van der Waals surface area contributed by atoms with E-state index >= 15 is 0 Å². The van der Waals surface area contributed by atoms with Gasteiger partial charge < -0.3 is 10.6 Å². The van der Waals surface area contributed by atoms with Crippen molar-refractivity contribution >= 4 is 11.7 Å². The summed E-state index contributed by atoms with van der Waals surface area (Å²) >= 11 is 0. The van der Waals surface area contributed by atoms with Gasteiger partial charge in [-0.05, 0) is 43.3 Å². The Kier molecular flexibility index (Phi) is 5.35. The van der Waals surface area contributed by atoms with Crippen LogP contribution in [-0.4, -0.2) is 26.9 Å². The van der Waals surface area contributed by atoms with Crippen molar-refractivity contribution in [2.75, 3.05) is 11.9 Å². The van der Waals surface area contributed by atoms with Gasteiger partial charge in [0, 0.05) is 24.8 Å². The molecular weight excluding hydrogens is 349 g/mol. The number of benzene rings is 2. The van der Waals surface area contributed by atoms with Crippen LogP contribution in [-0.2, 0) is 13.6 Å². The van der Waals surface area contributed by atoms with Crippen molar-refractivity contribution in [3.8, 4) is 11.4 Å². The van der Waals surface area contributed by atoms with Crippen LogP contribution in [0.15, 0.2) is 53.3 Å². The molecule has 0 saturated carbocycles. The van der Waals surface area contributed by atoms with Crippen LogP contribution in [0.1, 0.15) is 5.56 Å². The van der Waals surface area contributed by atoms with Crippen molar-refractivity contribution in [1.29, 1.82) is 0 Å². The zero-order chi connectivity index (χ0) is 19.4.